The molecule has 0 bridgehead atoms. The highest BCUT2D eigenvalue weighted by Gasteiger charge is 2.17. The molecule has 0 aliphatic carbocycles. The van der Waals surface area contributed by atoms with E-state index in [0.29, 0.717) is 0 Å². The zero-order valence-corrected chi connectivity index (χ0v) is 11.9. The Morgan fingerprint density at radius 3 is 2.42 bits per heavy atom. The van der Waals surface area contributed by atoms with E-state index in [9.17, 15) is 9.59 Å². The largest absolute Gasteiger partial charge is 0.457 e. The summed E-state index contributed by atoms with van der Waals surface area (Å²) < 4.78 is 9.92. The molecule has 0 aliphatic rings. The van der Waals surface area contributed by atoms with Gasteiger partial charge >= 0.3 is 11.9 Å². The molecule has 0 saturated carbocycles. The minimum absolute atomic E-state index is 0.157. The zero-order chi connectivity index (χ0) is 14.5. The molecule has 1 rings (SSSR count). The Hall–Kier alpha value is -1.84. The van der Waals surface area contributed by atoms with Gasteiger partial charge in [0.1, 0.15) is 5.60 Å². The average Bonchev–Trinajstić information content (AvgIpc) is 2.24. The molecular formula is C15H20O4. The van der Waals surface area contributed by atoms with E-state index in [1.54, 1.807) is 20.8 Å². The average molecular weight is 264 g/mol. The number of carbonyl (C=O) groups excluding carboxylic acids is 2. The van der Waals surface area contributed by atoms with E-state index in [4.69, 9.17) is 9.47 Å². The summed E-state index contributed by atoms with van der Waals surface area (Å²) in [4.78, 5) is 22.9. The number of hydrogen-bond acceptors (Lipinski definition) is 4. The van der Waals surface area contributed by atoms with Gasteiger partial charge in [0.15, 0.2) is 6.61 Å². The zero-order valence-electron chi connectivity index (χ0n) is 11.9. The normalized spacial score (nSPS) is 10.9. The first-order valence-electron chi connectivity index (χ1n) is 6.19. The van der Waals surface area contributed by atoms with Crippen LogP contribution in [-0.2, 0) is 25.5 Å². The van der Waals surface area contributed by atoms with Crippen molar-refractivity contribution in [2.24, 2.45) is 0 Å². The molecular weight excluding hydrogens is 244 g/mol. The number of benzene rings is 1. The SMILES string of the molecule is Cc1cccc(CC(=O)OCC(=O)OC(C)(C)C)c1. The maximum absolute atomic E-state index is 11.6. The first-order valence-corrected chi connectivity index (χ1v) is 6.19. The third kappa shape index (κ3) is 6.60. The van der Waals surface area contributed by atoms with Crippen LogP contribution in [0.25, 0.3) is 0 Å². The van der Waals surface area contributed by atoms with Crippen molar-refractivity contribution in [2.45, 2.75) is 39.7 Å². The molecule has 1 aromatic carbocycles. The van der Waals surface area contributed by atoms with Gasteiger partial charge in [0.2, 0.25) is 0 Å². The van der Waals surface area contributed by atoms with E-state index in [-0.39, 0.29) is 13.0 Å². The second kappa shape index (κ2) is 6.36. The van der Waals surface area contributed by atoms with Gasteiger partial charge in [-0.15, -0.1) is 0 Å². The van der Waals surface area contributed by atoms with Crippen LogP contribution in [0, 0.1) is 6.92 Å². The summed E-state index contributed by atoms with van der Waals surface area (Å²) in [6.07, 6.45) is 0.157. The standard InChI is InChI=1S/C15H20O4/c1-11-6-5-7-12(8-11)9-13(16)18-10-14(17)19-15(2,3)4/h5-8H,9-10H2,1-4H3. The number of esters is 2. The molecule has 0 radical (unpaired) electrons. The maximum Gasteiger partial charge on any atom is 0.344 e. The van der Waals surface area contributed by atoms with Crippen molar-refractivity contribution in [1.29, 1.82) is 0 Å². The van der Waals surface area contributed by atoms with Crippen molar-refractivity contribution in [2.75, 3.05) is 6.61 Å². The molecule has 0 fully saturated rings. The molecule has 4 heteroatoms. The van der Waals surface area contributed by atoms with Gasteiger partial charge in [0, 0.05) is 0 Å². The van der Waals surface area contributed by atoms with Crippen LogP contribution in [0.4, 0.5) is 0 Å². The van der Waals surface area contributed by atoms with E-state index in [2.05, 4.69) is 0 Å². The number of carbonyl (C=O) groups is 2. The van der Waals surface area contributed by atoms with Crippen LogP contribution < -0.4 is 0 Å². The van der Waals surface area contributed by atoms with E-state index in [1.165, 1.54) is 0 Å². The van der Waals surface area contributed by atoms with E-state index < -0.39 is 17.5 Å². The van der Waals surface area contributed by atoms with Gasteiger partial charge in [-0.05, 0) is 33.3 Å². The monoisotopic (exact) mass is 264 g/mol. The maximum atomic E-state index is 11.6. The van der Waals surface area contributed by atoms with Gasteiger partial charge in [0.05, 0.1) is 6.42 Å². The van der Waals surface area contributed by atoms with Gasteiger partial charge in [-0.25, -0.2) is 4.79 Å². The van der Waals surface area contributed by atoms with Crippen molar-refractivity contribution >= 4 is 11.9 Å². The Labute approximate surface area is 113 Å². The molecule has 0 heterocycles. The topological polar surface area (TPSA) is 52.6 Å². The van der Waals surface area contributed by atoms with Gasteiger partial charge < -0.3 is 9.47 Å². The first-order chi connectivity index (χ1) is 8.76. The fourth-order valence-corrected chi connectivity index (χ4v) is 1.55. The lowest BCUT2D eigenvalue weighted by Gasteiger charge is -2.19. The lowest BCUT2D eigenvalue weighted by Crippen LogP contribution is -2.27. The fraction of sp³-hybridized carbons (Fsp3) is 0.467. The van der Waals surface area contributed by atoms with Crippen LogP contribution in [0.5, 0.6) is 0 Å². The molecule has 0 aromatic heterocycles. The second-order valence-corrected chi connectivity index (χ2v) is 5.41. The van der Waals surface area contributed by atoms with E-state index in [1.807, 2.05) is 31.2 Å². The summed E-state index contributed by atoms with van der Waals surface area (Å²) in [7, 11) is 0. The van der Waals surface area contributed by atoms with Gasteiger partial charge in [0.25, 0.3) is 0 Å². The Morgan fingerprint density at radius 1 is 1.16 bits per heavy atom. The van der Waals surface area contributed by atoms with Crippen LogP contribution in [0.2, 0.25) is 0 Å². The molecule has 1 aromatic rings. The molecule has 4 nitrogen and oxygen atoms in total. The predicted molar refractivity (Wildman–Crippen MR) is 71.7 cm³/mol. The van der Waals surface area contributed by atoms with Crippen LogP contribution in [0.15, 0.2) is 24.3 Å². The smallest absolute Gasteiger partial charge is 0.344 e. The molecule has 0 N–H and O–H groups in total. The van der Waals surface area contributed by atoms with Crippen LogP contribution in [0.3, 0.4) is 0 Å². The lowest BCUT2D eigenvalue weighted by molar-refractivity contribution is -0.166. The van der Waals surface area contributed by atoms with Crippen LogP contribution >= 0.6 is 0 Å². The van der Waals surface area contributed by atoms with Crippen molar-refractivity contribution in [3.63, 3.8) is 0 Å². The minimum Gasteiger partial charge on any atom is -0.457 e. The molecule has 0 atom stereocenters. The highest BCUT2D eigenvalue weighted by molar-refractivity contribution is 5.78. The quantitative estimate of drug-likeness (QED) is 0.784. The highest BCUT2D eigenvalue weighted by Crippen LogP contribution is 2.08. The second-order valence-electron chi connectivity index (χ2n) is 5.41. The molecule has 104 valence electrons. The lowest BCUT2D eigenvalue weighted by atomic mass is 10.1. The third-order valence-corrected chi connectivity index (χ3v) is 2.20. The summed E-state index contributed by atoms with van der Waals surface area (Å²) in [5.41, 5.74) is 1.38. The minimum atomic E-state index is -0.569. The summed E-state index contributed by atoms with van der Waals surface area (Å²) in [6, 6.07) is 7.60. The van der Waals surface area contributed by atoms with Crippen molar-refractivity contribution in [1.82, 2.24) is 0 Å². The summed E-state index contributed by atoms with van der Waals surface area (Å²) in [5, 5.41) is 0. The third-order valence-electron chi connectivity index (χ3n) is 2.20. The summed E-state index contributed by atoms with van der Waals surface area (Å²) >= 11 is 0. The molecule has 0 amide bonds. The van der Waals surface area contributed by atoms with Gasteiger partial charge in [-0.1, -0.05) is 29.8 Å². The van der Waals surface area contributed by atoms with Crippen LogP contribution in [-0.4, -0.2) is 24.1 Å². The van der Waals surface area contributed by atoms with Crippen molar-refractivity contribution in [3.8, 4) is 0 Å². The molecule has 0 spiro atoms. The summed E-state index contributed by atoms with van der Waals surface area (Å²) in [5.74, 6) is -0.971. The fourth-order valence-electron chi connectivity index (χ4n) is 1.55. The number of aryl methyl sites for hydroxylation is 1. The Balaban J connectivity index is 2.38. The molecule has 0 saturated heterocycles. The number of rotatable bonds is 4. The molecule has 19 heavy (non-hydrogen) atoms. The van der Waals surface area contributed by atoms with Gasteiger partial charge in [-0.3, -0.25) is 4.79 Å². The van der Waals surface area contributed by atoms with E-state index in [0.717, 1.165) is 11.1 Å². The number of hydrogen-bond donors (Lipinski definition) is 0. The summed E-state index contributed by atoms with van der Waals surface area (Å²) in [6.45, 7) is 6.90. The number of ether oxygens (including phenoxy) is 2. The Kier molecular flexibility index (Phi) is 5.10. The molecule has 0 unspecified atom stereocenters. The van der Waals surface area contributed by atoms with Gasteiger partial charge in [-0.2, -0.15) is 0 Å². The predicted octanol–water partition coefficient (Wildman–Crippen LogP) is 2.42. The van der Waals surface area contributed by atoms with Crippen molar-refractivity contribution in [3.05, 3.63) is 35.4 Å². The Morgan fingerprint density at radius 2 is 1.84 bits per heavy atom. The highest BCUT2D eigenvalue weighted by atomic mass is 16.6. The Bertz CT molecular complexity index is 457. The van der Waals surface area contributed by atoms with Crippen LogP contribution in [0.1, 0.15) is 31.9 Å². The first kappa shape index (κ1) is 15.2. The van der Waals surface area contributed by atoms with Crippen molar-refractivity contribution < 1.29 is 19.1 Å². The van der Waals surface area contributed by atoms with E-state index >= 15 is 0 Å². The molecule has 0 aliphatic heterocycles.